The molecule has 0 unspecified atom stereocenters. The number of amides is 1. The Morgan fingerprint density at radius 2 is 1.71 bits per heavy atom. The molecule has 2 N–H and O–H groups in total. The minimum Gasteiger partial charge on any atom is -0.366 e. The first-order valence-corrected chi connectivity index (χ1v) is 8.62. The lowest BCUT2D eigenvalue weighted by molar-refractivity contribution is 0.1000. The maximum absolute atomic E-state index is 11.8. The first kappa shape index (κ1) is 15.9. The fraction of sp³-hybridized carbons (Fsp3) is 0.500. The molecule has 1 aromatic carbocycles. The van der Waals surface area contributed by atoms with E-state index in [2.05, 4.69) is 4.90 Å². The predicted molar refractivity (Wildman–Crippen MR) is 81.3 cm³/mol. The van der Waals surface area contributed by atoms with Gasteiger partial charge in [0.2, 0.25) is 15.9 Å². The van der Waals surface area contributed by atoms with Crippen LogP contribution in [0.15, 0.2) is 24.3 Å². The standard InChI is InChI=1S/C14H21N3O3S/c1-2-21(19,20)17-9-7-16(8-10-17)11-12-3-5-13(6-4-12)14(15)18/h3-6H,2,7-11H2,1H3,(H2,15,18). The molecule has 0 bridgehead atoms. The van der Waals surface area contributed by atoms with Crippen molar-refractivity contribution in [2.24, 2.45) is 5.73 Å². The van der Waals surface area contributed by atoms with Crippen molar-refractivity contribution in [3.8, 4) is 0 Å². The number of sulfonamides is 1. The SMILES string of the molecule is CCS(=O)(=O)N1CCN(Cc2ccc(C(N)=O)cc2)CC1. The summed E-state index contributed by atoms with van der Waals surface area (Å²) >= 11 is 0. The number of benzene rings is 1. The number of carbonyl (C=O) groups is 1. The summed E-state index contributed by atoms with van der Waals surface area (Å²) in [5.74, 6) is -0.276. The molecule has 1 aliphatic rings. The first-order chi connectivity index (χ1) is 9.92. The van der Waals surface area contributed by atoms with Crippen LogP contribution in [-0.2, 0) is 16.6 Å². The lowest BCUT2D eigenvalue weighted by Crippen LogP contribution is -2.48. The minimum atomic E-state index is -3.08. The number of hydrogen-bond donors (Lipinski definition) is 1. The minimum absolute atomic E-state index is 0.154. The summed E-state index contributed by atoms with van der Waals surface area (Å²) in [6, 6.07) is 7.20. The monoisotopic (exact) mass is 311 g/mol. The van der Waals surface area contributed by atoms with E-state index in [0.29, 0.717) is 18.7 Å². The van der Waals surface area contributed by atoms with Crippen LogP contribution in [0.4, 0.5) is 0 Å². The molecule has 21 heavy (non-hydrogen) atoms. The van der Waals surface area contributed by atoms with Crippen molar-refractivity contribution in [1.29, 1.82) is 0 Å². The van der Waals surface area contributed by atoms with Crippen LogP contribution in [0.25, 0.3) is 0 Å². The molecule has 0 radical (unpaired) electrons. The average molecular weight is 311 g/mol. The van der Waals surface area contributed by atoms with E-state index in [1.54, 1.807) is 23.4 Å². The van der Waals surface area contributed by atoms with E-state index in [1.807, 2.05) is 12.1 Å². The van der Waals surface area contributed by atoms with Gasteiger partial charge in [0.25, 0.3) is 0 Å². The van der Waals surface area contributed by atoms with Crippen LogP contribution in [0.2, 0.25) is 0 Å². The van der Waals surface area contributed by atoms with Gasteiger partial charge in [-0.25, -0.2) is 8.42 Å². The van der Waals surface area contributed by atoms with Crippen molar-refractivity contribution in [2.75, 3.05) is 31.9 Å². The number of piperazine rings is 1. The van der Waals surface area contributed by atoms with Gasteiger partial charge in [0.1, 0.15) is 0 Å². The summed E-state index contributed by atoms with van der Waals surface area (Å²) in [6.45, 7) is 4.93. The van der Waals surface area contributed by atoms with Gasteiger partial charge in [-0.15, -0.1) is 0 Å². The van der Waals surface area contributed by atoms with Gasteiger partial charge in [-0.1, -0.05) is 12.1 Å². The van der Waals surface area contributed by atoms with Crippen LogP contribution in [0.1, 0.15) is 22.8 Å². The maximum atomic E-state index is 11.8. The van der Waals surface area contributed by atoms with Crippen molar-refractivity contribution in [3.63, 3.8) is 0 Å². The molecule has 0 aromatic heterocycles. The van der Waals surface area contributed by atoms with Crippen LogP contribution in [0.5, 0.6) is 0 Å². The van der Waals surface area contributed by atoms with Gasteiger partial charge in [0.15, 0.2) is 0 Å². The summed E-state index contributed by atoms with van der Waals surface area (Å²) in [4.78, 5) is 13.2. The normalized spacial score (nSPS) is 17.8. The van der Waals surface area contributed by atoms with E-state index in [1.165, 1.54) is 0 Å². The number of nitrogens with two attached hydrogens (primary N) is 1. The van der Waals surface area contributed by atoms with E-state index in [9.17, 15) is 13.2 Å². The second kappa shape index (κ2) is 6.55. The molecule has 1 aliphatic heterocycles. The number of rotatable bonds is 5. The molecule has 1 fully saturated rings. The van der Waals surface area contributed by atoms with Crippen molar-refractivity contribution >= 4 is 15.9 Å². The van der Waals surface area contributed by atoms with Gasteiger partial charge in [-0.3, -0.25) is 9.69 Å². The molecule has 1 heterocycles. The quantitative estimate of drug-likeness (QED) is 0.845. The third-order valence-electron chi connectivity index (χ3n) is 3.73. The molecule has 6 nitrogen and oxygen atoms in total. The molecule has 0 atom stereocenters. The molecular formula is C14H21N3O3S. The largest absolute Gasteiger partial charge is 0.366 e. The van der Waals surface area contributed by atoms with Gasteiger partial charge >= 0.3 is 0 Å². The van der Waals surface area contributed by atoms with Crippen molar-refractivity contribution in [1.82, 2.24) is 9.21 Å². The Hall–Kier alpha value is -1.44. The smallest absolute Gasteiger partial charge is 0.248 e. The highest BCUT2D eigenvalue weighted by Gasteiger charge is 2.25. The number of carbonyl (C=O) groups excluding carboxylic acids is 1. The molecule has 0 saturated carbocycles. The summed E-state index contributed by atoms with van der Waals surface area (Å²) in [5.41, 5.74) is 6.79. The Morgan fingerprint density at radius 1 is 1.14 bits per heavy atom. The Balaban J connectivity index is 1.90. The zero-order chi connectivity index (χ0) is 15.5. The third-order valence-corrected chi connectivity index (χ3v) is 5.62. The van der Waals surface area contributed by atoms with Gasteiger partial charge in [-0.05, 0) is 24.6 Å². The Kier molecular flexibility index (Phi) is 4.97. The van der Waals surface area contributed by atoms with Crippen LogP contribution >= 0.6 is 0 Å². The number of nitrogens with zero attached hydrogens (tertiary/aromatic N) is 2. The molecule has 1 amide bonds. The van der Waals surface area contributed by atoms with Crippen molar-refractivity contribution in [2.45, 2.75) is 13.5 Å². The van der Waals surface area contributed by atoms with E-state index in [0.717, 1.165) is 25.2 Å². The molecule has 1 saturated heterocycles. The predicted octanol–water partition coefficient (Wildman–Crippen LogP) is 0.253. The maximum Gasteiger partial charge on any atom is 0.248 e. The van der Waals surface area contributed by atoms with E-state index >= 15 is 0 Å². The molecule has 116 valence electrons. The fourth-order valence-electron chi connectivity index (χ4n) is 2.38. The van der Waals surface area contributed by atoms with Gasteiger partial charge in [-0.2, -0.15) is 4.31 Å². The number of primary amides is 1. The Bertz CT molecular complexity index is 590. The summed E-state index contributed by atoms with van der Waals surface area (Å²) in [7, 11) is -3.08. The molecule has 2 rings (SSSR count). The second-order valence-electron chi connectivity index (χ2n) is 5.14. The average Bonchev–Trinajstić information content (AvgIpc) is 2.48. The third kappa shape index (κ3) is 4.03. The van der Waals surface area contributed by atoms with Crippen LogP contribution < -0.4 is 5.73 Å². The Morgan fingerprint density at radius 3 is 2.19 bits per heavy atom. The van der Waals surface area contributed by atoms with E-state index < -0.39 is 15.9 Å². The van der Waals surface area contributed by atoms with E-state index in [-0.39, 0.29) is 5.75 Å². The highest BCUT2D eigenvalue weighted by atomic mass is 32.2. The van der Waals surface area contributed by atoms with Crippen LogP contribution in [0, 0.1) is 0 Å². The summed E-state index contributed by atoms with van der Waals surface area (Å²) in [6.07, 6.45) is 0. The van der Waals surface area contributed by atoms with Crippen molar-refractivity contribution in [3.05, 3.63) is 35.4 Å². The summed E-state index contributed by atoms with van der Waals surface area (Å²) < 4.78 is 25.1. The van der Waals surface area contributed by atoms with Crippen LogP contribution in [-0.4, -0.2) is 55.5 Å². The molecule has 0 spiro atoms. The van der Waals surface area contributed by atoms with Crippen LogP contribution in [0.3, 0.4) is 0 Å². The zero-order valence-corrected chi connectivity index (χ0v) is 13.0. The summed E-state index contributed by atoms with van der Waals surface area (Å²) in [5, 5.41) is 0. The second-order valence-corrected chi connectivity index (χ2v) is 7.39. The zero-order valence-electron chi connectivity index (χ0n) is 12.2. The highest BCUT2D eigenvalue weighted by molar-refractivity contribution is 7.89. The lowest BCUT2D eigenvalue weighted by Gasteiger charge is -2.33. The van der Waals surface area contributed by atoms with Crippen molar-refractivity contribution < 1.29 is 13.2 Å². The van der Waals surface area contributed by atoms with Gasteiger partial charge < -0.3 is 5.73 Å². The van der Waals surface area contributed by atoms with Gasteiger partial charge in [0, 0.05) is 38.3 Å². The van der Waals surface area contributed by atoms with E-state index in [4.69, 9.17) is 5.73 Å². The molecule has 1 aromatic rings. The molecule has 7 heteroatoms. The Labute approximate surface area is 125 Å². The lowest BCUT2D eigenvalue weighted by atomic mass is 10.1. The number of hydrogen-bond acceptors (Lipinski definition) is 4. The highest BCUT2D eigenvalue weighted by Crippen LogP contribution is 2.12. The first-order valence-electron chi connectivity index (χ1n) is 7.01. The fourth-order valence-corrected chi connectivity index (χ4v) is 3.47. The topological polar surface area (TPSA) is 83.7 Å². The van der Waals surface area contributed by atoms with Gasteiger partial charge in [0.05, 0.1) is 5.75 Å². The molecule has 0 aliphatic carbocycles. The molecular weight excluding hydrogens is 290 g/mol.